The Kier molecular flexibility index (Phi) is 14.9. The van der Waals surface area contributed by atoms with Gasteiger partial charge in [0.1, 0.15) is 0 Å². The maximum atomic E-state index is 11.5. The lowest BCUT2D eigenvalue weighted by molar-refractivity contribution is 0.0982. The molecule has 0 N–H and O–H groups in total. The minimum Gasteiger partial charge on any atom is -0.294 e. The highest BCUT2D eigenvalue weighted by atomic mass is 16.1. The fraction of sp³-hybridized carbons (Fsp3) is 0.588. The molecule has 104 valence electrons. The summed E-state index contributed by atoms with van der Waals surface area (Å²) in [5.74, 6) is 0.322. The Labute approximate surface area is 114 Å². The first kappa shape index (κ1) is 19.2. The number of benzene rings is 1. The van der Waals surface area contributed by atoms with Crippen LogP contribution in [-0.4, -0.2) is 5.78 Å². The van der Waals surface area contributed by atoms with Crippen LogP contribution in [-0.2, 0) is 6.42 Å². The first-order valence-electron chi connectivity index (χ1n) is 7.49. The van der Waals surface area contributed by atoms with Crippen molar-refractivity contribution in [3.8, 4) is 0 Å². The average molecular weight is 250 g/mol. The smallest absolute Gasteiger partial charge is 0.163 e. The van der Waals surface area contributed by atoms with Crippen molar-refractivity contribution in [3.05, 3.63) is 35.4 Å². The molecule has 0 spiro atoms. The van der Waals surface area contributed by atoms with E-state index in [0.29, 0.717) is 5.78 Å². The molecule has 1 nitrogen and oxygen atoms in total. The zero-order valence-corrected chi connectivity index (χ0v) is 13.0. The third kappa shape index (κ3) is 6.58. The molecular weight excluding hydrogens is 220 g/mol. The largest absolute Gasteiger partial charge is 0.294 e. The highest BCUT2D eigenvalue weighted by Crippen LogP contribution is 2.19. The summed E-state index contributed by atoms with van der Waals surface area (Å²) in [5, 5.41) is 0. The van der Waals surface area contributed by atoms with Gasteiger partial charge in [0, 0.05) is 12.0 Å². The summed E-state index contributed by atoms with van der Waals surface area (Å²) in [6, 6.07) is 7.97. The summed E-state index contributed by atoms with van der Waals surface area (Å²) in [6.07, 6.45) is 4.01. The van der Waals surface area contributed by atoms with Crippen molar-refractivity contribution in [2.24, 2.45) is 0 Å². The molecule has 1 heteroatoms. The van der Waals surface area contributed by atoms with Gasteiger partial charge in [0.25, 0.3) is 0 Å². The van der Waals surface area contributed by atoms with Gasteiger partial charge in [-0.3, -0.25) is 4.79 Å². The van der Waals surface area contributed by atoms with Gasteiger partial charge in [-0.15, -0.1) is 0 Å². The molecule has 0 aliphatic heterocycles. The summed E-state index contributed by atoms with van der Waals surface area (Å²) >= 11 is 0. The topological polar surface area (TPSA) is 17.1 Å². The third-order valence-corrected chi connectivity index (χ3v) is 2.42. The number of hydrogen-bond acceptors (Lipinski definition) is 1. The van der Waals surface area contributed by atoms with Crippen LogP contribution in [0.25, 0.3) is 0 Å². The number of fused-ring (bicyclic) bond motifs is 1. The fourth-order valence-electron chi connectivity index (χ4n) is 1.75. The lowest BCUT2D eigenvalue weighted by atomic mass is 10.0. The molecule has 18 heavy (non-hydrogen) atoms. The SMILES string of the molecule is CC.CC.CC.O=C1CCCCc2ccccc21. The van der Waals surface area contributed by atoms with E-state index in [1.165, 1.54) is 5.56 Å². The number of carbonyl (C=O) groups excluding carboxylic acids is 1. The second-order valence-corrected chi connectivity index (χ2v) is 3.29. The molecule has 0 radical (unpaired) electrons. The van der Waals surface area contributed by atoms with Crippen molar-refractivity contribution in [1.82, 2.24) is 0 Å². The molecule has 1 aromatic rings. The van der Waals surface area contributed by atoms with Gasteiger partial charge in [0.15, 0.2) is 5.78 Å². The number of Topliss-reactive ketones (excluding diaryl/α,β-unsaturated/α-hetero) is 1. The standard InChI is InChI=1S/C11H12O.3C2H6/c12-11-8-4-2-6-9-5-1-3-7-10(9)11;3*1-2/h1,3,5,7H,2,4,6,8H2;3*1-2H3. The predicted octanol–water partition coefficient (Wildman–Crippen LogP) is 5.67. The maximum absolute atomic E-state index is 11.5. The van der Waals surface area contributed by atoms with E-state index >= 15 is 0 Å². The van der Waals surface area contributed by atoms with E-state index in [2.05, 4.69) is 6.07 Å². The number of carbonyl (C=O) groups is 1. The first-order chi connectivity index (χ1) is 8.88. The van der Waals surface area contributed by atoms with Gasteiger partial charge >= 0.3 is 0 Å². The quantitative estimate of drug-likeness (QED) is 0.542. The molecule has 0 saturated carbocycles. The Hall–Kier alpha value is -1.11. The van der Waals surface area contributed by atoms with E-state index in [0.717, 1.165) is 31.2 Å². The Bertz CT molecular complexity index is 302. The molecule has 0 unspecified atom stereocenters. The monoisotopic (exact) mass is 250 g/mol. The average Bonchev–Trinajstić information content (AvgIpc) is 2.68. The summed E-state index contributed by atoms with van der Waals surface area (Å²) in [4.78, 5) is 11.5. The molecule has 2 rings (SSSR count). The van der Waals surface area contributed by atoms with Crippen LogP contribution < -0.4 is 0 Å². The predicted molar refractivity (Wildman–Crippen MR) is 82.4 cm³/mol. The van der Waals surface area contributed by atoms with E-state index < -0.39 is 0 Å². The van der Waals surface area contributed by atoms with E-state index in [-0.39, 0.29) is 0 Å². The van der Waals surface area contributed by atoms with Crippen LogP contribution in [0.4, 0.5) is 0 Å². The van der Waals surface area contributed by atoms with Crippen LogP contribution >= 0.6 is 0 Å². The maximum Gasteiger partial charge on any atom is 0.163 e. The van der Waals surface area contributed by atoms with Crippen LogP contribution in [0.1, 0.15) is 76.7 Å². The van der Waals surface area contributed by atoms with Crippen LogP contribution in [0.2, 0.25) is 0 Å². The molecule has 0 amide bonds. The number of aryl methyl sites for hydroxylation is 1. The van der Waals surface area contributed by atoms with Gasteiger partial charge < -0.3 is 0 Å². The van der Waals surface area contributed by atoms with E-state index in [1.807, 2.05) is 59.7 Å². The molecule has 0 saturated heterocycles. The van der Waals surface area contributed by atoms with Gasteiger partial charge in [-0.05, 0) is 24.8 Å². The second kappa shape index (κ2) is 14.0. The molecule has 0 aromatic heterocycles. The Morgan fingerprint density at radius 3 is 1.89 bits per heavy atom. The summed E-state index contributed by atoms with van der Waals surface area (Å²) < 4.78 is 0. The molecule has 1 aliphatic carbocycles. The summed E-state index contributed by atoms with van der Waals surface area (Å²) in [6.45, 7) is 12.0. The van der Waals surface area contributed by atoms with Gasteiger partial charge in [0.2, 0.25) is 0 Å². The van der Waals surface area contributed by atoms with Crippen LogP contribution in [0.5, 0.6) is 0 Å². The van der Waals surface area contributed by atoms with Gasteiger partial charge in [-0.2, -0.15) is 0 Å². The first-order valence-corrected chi connectivity index (χ1v) is 7.49. The molecule has 0 heterocycles. The molecule has 1 aliphatic rings. The fourth-order valence-corrected chi connectivity index (χ4v) is 1.75. The normalized spacial score (nSPS) is 12.2. The second-order valence-electron chi connectivity index (χ2n) is 3.29. The summed E-state index contributed by atoms with van der Waals surface area (Å²) in [7, 11) is 0. The number of hydrogen-bond donors (Lipinski definition) is 0. The minimum absolute atomic E-state index is 0.322. The van der Waals surface area contributed by atoms with Crippen molar-refractivity contribution in [2.45, 2.75) is 67.2 Å². The van der Waals surface area contributed by atoms with Crippen LogP contribution in [0.3, 0.4) is 0 Å². The van der Waals surface area contributed by atoms with Crippen molar-refractivity contribution in [3.63, 3.8) is 0 Å². The van der Waals surface area contributed by atoms with Crippen molar-refractivity contribution >= 4 is 5.78 Å². The zero-order chi connectivity index (χ0) is 14.4. The van der Waals surface area contributed by atoms with Crippen molar-refractivity contribution < 1.29 is 4.79 Å². The van der Waals surface area contributed by atoms with Gasteiger partial charge in [-0.1, -0.05) is 65.8 Å². The number of ketones is 1. The van der Waals surface area contributed by atoms with Gasteiger partial charge in [-0.25, -0.2) is 0 Å². The molecular formula is C17H30O. The Balaban J connectivity index is 0. The zero-order valence-electron chi connectivity index (χ0n) is 13.0. The lowest BCUT2D eigenvalue weighted by Gasteiger charge is -2.01. The summed E-state index contributed by atoms with van der Waals surface area (Å²) in [5.41, 5.74) is 2.19. The minimum atomic E-state index is 0.322. The van der Waals surface area contributed by atoms with E-state index in [1.54, 1.807) is 0 Å². The highest BCUT2D eigenvalue weighted by Gasteiger charge is 2.13. The Morgan fingerprint density at radius 2 is 1.28 bits per heavy atom. The third-order valence-electron chi connectivity index (χ3n) is 2.42. The van der Waals surface area contributed by atoms with Gasteiger partial charge in [0.05, 0.1) is 0 Å². The molecule has 0 fully saturated rings. The number of rotatable bonds is 0. The van der Waals surface area contributed by atoms with E-state index in [9.17, 15) is 4.79 Å². The molecule has 1 aromatic carbocycles. The van der Waals surface area contributed by atoms with E-state index in [4.69, 9.17) is 0 Å². The molecule has 0 bridgehead atoms. The highest BCUT2D eigenvalue weighted by molar-refractivity contribution is 5.97. The van der Waals surface area contributed by atoms with Crippen molar-refractivity contribution in [2.75, 3.05) is 0 Å². The Morgan fingerprint density at radius 1 is 0.778 bits per heavy atom. The van der Waals surface area contributed by atoms with Crippen LogP contribution in [0, 0.1) is 0 Å². The molecule has 0 atom stereocenters. The lowest BCUT2D eigenvalue weighted by Crippen LogP contribution is -1.98. The van der Waals surface area contributed by atoms with Crippen molar-refractivity contribution in [1.29, 1.82) is 0 Å². The van der Waals surface area contributed by atoms with Crippen LogP contribution in [0.15, 0.2) is 24.3 Å².